The molecule has 1 aliphatic rings. The van der Waals surface area contributed by atoms with Crippen molar-refractivity contribution in [3.05, 3.63) is 42.1 Å². The Morgan fingerprint density at radius 1 is 1.25 bits per heavy atom. The molecule has 1 heterocycles. The predicted molar refractivity (Wildman–Crippen MR) is 66.2 cm³/mol. The zero-order valence-corrected chi connectivity index (χ0v) is 9.32. The fraction of sp³-hybridized carbons (Fsp3) is 0.357. The highest BCUT2D eigenvalue weighted by atomic mass is 14.8. The molecule has 0 amide bonds. The second kappa shape index (κ2) is 3.56. The van der Waals surface area contributed by atoms with Gasteiger partial charge in [-0.05, 0) is 43.4 Å². The van der Waals surface area contributed by atoms with Gasteiger partial charge in [0.1, 0.15) is 0 Å². The van der Waals surface area contributed by atoms with Crippen molar-refractivity contribution in [2.75, 3.05) is 0 Å². The zero-order valence-electron chi connectivity index (χ0n) is 9.32. The summed E-state index contributed by atoms with van der Waals surface area (Å²) < 4.78 is 0. The van der Waals surface area contributed by atoms with Gasteiger partial charge in [-0.15, -0.1) is 0 Å². The lowest BCUT2D eigenvalue weighted by Gasteiger charge is -2.08. The first-order chi connectivity index (χ1) is 7.75. The number of hydrogen-bond acceptors (Lipinski definition) is 2. The molecule has 0 aliphatic heterocycles. The SMILES string of the molecule is NC1(CCc2ccc3cccnc3c2)CC1. The van der Waals surface area contributed by atoms with E-state index in [0.717, 1.165) is 18.4 Å². The van der Waals surface area contributed by atoms with Crippen LogP contribution in [-0.4, -0.2) is 10.5 Å². The summed E-state index contributed by atoms with van der Waals surface area (Å²) in [6, 6.07) is 10.6. The second-order valence-corrected chi connectivity index (χ2v) is 4.89. The lowest BCUT2D eigenvalue weighted by molar-refractivity contribution is 0.609. The molecule has 16 heavy (non-hydrogen) atoms. The maximum absolute atomic E-state index is 6.09. The van der Waals surface area contributed by atoms with Gasteiger partial charge in [-0.25, -0.2) is 0 Å². The molecule has 2 heteroatoms. The van der Waals surface area contributed by atoms with Crippen LogP contribution in [0.4, 0.5) is 0 Å². The minimum absolute atomic E-state index is 0.152. The largest absolute Gasteiger partial charge is 0.325 e. The van der Waals surface area contributed by atoms with Gasteiger partial charge in [0.2, 0.25) is 0 Å². The molecule has 1 aliphatic carbocycles. The molecule has 1 aromatic carbocycles. The van der Waals surface area contributed by atoms with Gasteiger partial charge >= 0.3 is 0 Å². The molecule has 0 atom stereocenters. The van der Waals surface area contributed by atoms with Crippen LogP contribution in [0.15, 0.2) is 36.5 Å². The molecule has 2 N–H and O–H groups in total. The fourth-order valence-electron chi connectivity index (χ4n) is 2.07. The first-order valence-electron chi connectivity index (χ1n) is 5.88. The van der Waals surface area contributed by atoms with Crippen LogP contribution < -0.4 is 5.73 Å². The number of pyridine rings is 1. The van der Waals surface area contributed by atoms with Crippen molar-refractivity contribution in [3.8, 4) is 0 Å². The van der Waals surface area contributed by atoms with Crippen LogP contribution in [0.5, 0.6) is 0 Å². The molecular formula is C14H16N2. The van der Waals surface area contributed by atoms with E-state index in [9.17, 15) is 0 Å². The highest BCUT2D eigenvalue weighted by Gasteiger charge is 2.37. The highest BCUT2D eigenvalue weighted by molar-refractivity contribution is 5.78. The van der Waals surface area contributed by atoms with Gasteiger partial charge in [0.15, 0.2) is 0 Å². The standard InChI is InChI=1S/C14H16N2/c15-14(7-8-14)6-5-11-3-4-12-2-1-9-16-13(12)10-11/h1-4,9-10H,5-8,15H2. The van der Waals surface area contributed by atoms with Crippen LogP contribution in [0.3, 0.4) is 0 Å². The summed E-state index contributed by atoms with van der Waals surface area (Å²) in [5, 5.41) is 1.21. The quantitative estimate of drug-likeness (QED) is 0.849. The van der Waals surface area contributed by atoms with E-state index in [-0.39, 0.29) is 5.54 Å². The molecule has 82 valence electrons. The summed E-state index contributed by atoms with van der Waals surface area (Å²) in [6.45, 7) is 0. The monoisotopic (exact) mass is 212 g/mol. The summed E-state index contributed by atoms with van der Waals surface area (Å²) in [7, 11) is 0. The molecular weight excluding hydrogens is 196 g/mol. The maximum Gasteiger partial charge on any atom is 0.0704 e. The van der Waals surface area contributed by atoms with Crippen molar-refractivity contribution in [2.45, 2.75) is 31.2 Å². The normalized spacial score (nSPS) is 17.6. The zero-order chi connectivity index (χ0) is 11.0. The Balaban J connectivity index is 1.81. The topological polar surface area (TPSA) is 38.9 Å². The maximum atomic E-state index is 6.09. The minimum atomic E-state index is 0.152. The van der Waals surface area contributed by atoms with Crippen LogP contribution >= 0.6 is 0 Å². The third kappa shape index (κ3) is 1.93. The number of nitrogens with two attached hydrogens (primary N) is 1. The van der Waals surface area contributed by atoms with Crippen LogP contribution in [0.1, 0.15) is 24.8 Å². The van der Waals surface area contributed by atoms with Crippen molar-refractivity contribution < 1.29 is 0 Å². The predicted octanol–water partition coefficient (Wildman–Crippen LogP) is 2.66. The Morgan fingerprint density at radius 3 is 2.94 bits per heavy atom. The molecule has 1 fully saturated rings. The number of benzene rings is 1. The smallest absolute Gasteiger partial charge is 0.0704 e. The first-order valence-corrected chi connectivity index (χ1v) is 5.88. The number of nitrogens with zero attached hydrogens (tertiary/aromatic N) is 1. The lowest BCUT2D eigenvalue weighted by atomic mass is 10.0. The molecule has 3 rings (SSSR count). The number of hydrogen-bond donors (Lipinski definition) is 1. The van der Waals surface area contributed by atoms with Crippen molar-refractivity contribution in [2.24, 2.45) is 5.73 Å². The van der Waals surface area contributed by atoms with E-state index in [1.165, 1.54) is 23.8 Å². The van der Waals surface area contributed by atoms with E-state index in [2.05, 4.69) is 29.2 Å². The third-order valence-electron chi connectivity index (χ3n) is 3.47. The number of aromatic nitrogens is 1. The van der Waals surface area contributed by atoms with E-state index in [1.807, 2.05) is 12.3 Å². The summed E-state index contributed by atoms with van der Waals surface area (Å²) in [4.78, 5) is 4.37. The summed E-state index contributed by atoms with van der Waals surface area (Å²) >= 11 is 0. The highest BCUT2D eigenvalue weighted by Crippen LogP contribution is 2.36. The Labute approximate surface area is 95.5 Å². The van der Waals surface area contributed by atoms with Crippen molar-refractivity contribution in [3.63, 3.8) is 0 Å². The van der Waals surface area contributed by atoms with Crippen molar-refractivity contribution in [1.82, 2.24) is 4.98 Å². The van der Waals surface area contributed by atoms with Gasteiger partial charge in [-0.3, -0.25) is 4.98 Å². The Hall–Kier alpha value is -1.41. The van der Waals surface area contributed by atoms with E-state index in [1.54, 1.807) is 0 Å². The van der Waals surface area contributed by atoms with Crippen LogP contribution in [0, 0.1) is 0 Å². The molecule has 0 bridgehead atoms. The van der Waals surface area contributed by atoms with Crippen LogP contribution in [-0.2, 0) is 6.42 Å². The molecule has 0 unspecified atom stereocenters. The van der Waals surface area contributed by atoms with Crippen molar-refractivity contribution >= 4 is 10.9 Å². The lowest BCUT2D eigenvalue weighted by Crippen LogP contribution is -2.22. The van der Waals surface area contributed by atoms with E-state index >= 15 is 0 Å². The summed E-state index contributed by atoms with van der Waals surface area (Å²) in [5.41, 5.74) is 8.68. The third-order valence-corrected chi connectivity index (χ3v) is 3.47. The average Bonchev–Trinajstić information content (AvgIpc) is 3.05. The molecule has 1 aromatic heterocycles. The molecule has 2 nitrogen and oxygen atoms in total. The van der Waals surface area contributed by atoms with Gasteiger partial charge < -0.3 is 5.73 Å². The molecule has 0 saturated heterocycles. The minimum Gasteiger partial charge on any atom is -0.325 e. The number of rotatable bonds is 3. The van der Waals surface area contributed by atoms with Gasteiger partial charge in [-0.2, -0.15) is 0 Å². The van der Waals surface area contributed by atoms with Gasteiger partial charge in [0.05, 0.1) is 5.52 Å². The summed E-state index contributed by atoms with van der Waals surface area (Å²) in [5.74, 6) is 0. The van der Waals surface area contributed by atoms with E-state index in [0.29, 0.717) is 0 Å². The number of aryl methyl sites for hydroxylation is 1. The molecule has 0 radical (unpaired) electrons. The van der Waals surface area contributed by atoms with Gasteiger partial charge in [-0.1, -0.05) is 18.2 Å². The van der Waals surface area contributed by atoms with E-state index < -0.39 is 0 Å². The Bertz CT molecular complexity index is 515. The van der Waals surface area contributed by atoms with Crippen LogP contribution in [0.25, 0.3) is 10.9 Å². The molecule has 2 aromatic rings. The van der Waals surface area contributed by atoms with Crippen LogP contribution in [0.2, 0.25) is 0 Å². The number of fused-ring (bicyclic) bond motifs is 1. The average molecular weight is 212 g/mol. The Morgan fingerprint density at radius 2 is 2.12 bits per heavy atom. The van der Waals surface area contributed by atoms with Gasteiger partial charge in [0.25, 0.3) is 0 Å². The summed E-state index contributed by atoms with van der Waals surface area (Å²) in [6.07, 6.45) is 6.41. The molecule has 0 spiro atoms. The van der Waals surface area contributed by atoms with Gasteiger partial charge in [0, 0.05) is 17.1 Å². The Kier molecular flexibility index (Phi) is 2.18. The molecule has 1 saturated carbocycles. The van der Waals surface area contributed by atoms with Crippen molar-refractivity contribution in [1.29, 1.82) is 0 Å². The van der Waals surface area contributed by atoms with E-state index in [4.69, 9.17) is 5.73 Å². The fourth-order valence-corrected chi connectivity index (χ4v) is 2.07. The first kappa shape index (κ1) is 9.79. The second-order valence-electron chi connectivity index (χ2n) is 4.89.